The van der Waals surface area contributed by atoms with E-state index in [1.165, 1.54) is 0 Å². The summed E-state index contributed by atoms with van der Waals surface area (Å²) in [4.78, 5) is 10.6. The minimum Gasteiger partial charge on any atom is -0.342 e. The molecule has 4 nitrogen and oxygen atoms in total. The highest BCUT2D eigenvalue weighted by molar-refractivity contribution is 5.78. The summed E-state index contributed by atoms with van der Waals surface area (Å²) in [5.41, 5.74) is 0. The number of hydrogen-bond acceptors (Lipinski definition) is 3. The molecule has 0 aromatic rings. The van der Waals surface area contributed by atoms with Crippen LogP contribution in [-0.4, -0.2) is 31.7 Å². The zero-order valence-electron chi connectivity index (χ0n) is 6.61. The fourth-order valence-electron chi connectivity index (χ4n) is 0.518. The molecule has 0 saturated carbocycles. The highest BCUT2D eigenvalue weighted by atomic mass is 19.4. The van der Waals surface area contributed by atoms with Gasteiger partial charge < -0.3 is 10.6 Å². The molecule has 0 atom stereocenters. The second-order valence-corrected chi connectivity index (χ2v) is 2.15. The normalized spacial score (nSPS) is 10.6. The maximum Gasteiger partial charge on any atom is 0.401 e. The highest BCUT2D eigenvalue weighted by Gasteiger charge is 2.26. The average Bonchev–Trinajstić information content (AvgIpc) is 1.98. The van der Waals surface area contributed by atoms with Crippen LogP contribution in [-0.2, 0) is 4.79 Å². The lowest BCUT2D eigenvalue weighted by Gasteiger charge is -2.06. The van der Waals surface area contributed by atoms with Crippen molar-refractivity contribution in [2.75, 3.05) is 19.6 Å². The predicted octanol–water partition coefficient (Wildman–Crippen LogP) is -0.222. The Balaban J connectivity index is 3.44. The van der Waals surface area contributed by atoms with E-state index >= 15 is 0 Å². The van der Waals surface area contributed by atoms with E-state index < -0.39 is 25.2 Å². The van der Waals surface area contributed by atoms with Crippen LogP contribution in [0.25, 0.3) is 0 Å². The number of nitrogens with one attached hydrogen (secondary N) is 2. The number of alkyl halides is 3. The van der Waals surface area contributed by atoms with Crippen LogP contribution in [0.3, 0.4) is 0 Å². The number of nitrogens with zero attached hydrogens (tertiary/aromatic N) is 1. The van der Waals surface area contributed by atoms with Crippen molar-refractivity contribution >= 4 is 5.91 Å². The van der Waals surface area contributed by atoms with Crippen LogP contribution in [0.15, 0.2) is 0 Å². The highest BCUT2D eigenvalue weighted by Crippen LogP contribution is 2.11. The van der Waals surface area contributed by atoms with Crippen molar-refractivity contribution in [1.82, 2.24) is 10.6 Å². The molecule has 0 spiro atoms. The Morgan fingerprint density at radius 3 is 2.54 bits per heavy atom. The molecule has 0 aliphatic rings. The van der Waals surface area contributed by atoms with E-state index in [9.17, 15) is 18.0 Å². The lowest BCUT2D eigenvalue weighted by atomic mass is 10.5. The molecule has 0 unspecified atom stereocenters. The third-order valence-electron chi connectivity index (χ3n) is 0.976. The van der Waals surface area contributed by atoms with Gasteiger partial charge in [0.15, 0.2) is 0 Å². The van der Waals surface area contributed by atoms with Crippen molar-refractivity contribution in [3.63, 3.8) is 0 Å². The summed E-state index contributed by atoms with van der Waals surface area (Å²) in [7, 11) is 0. The number of rotatable bonds is 4. The third-order valence-corrected chi connectivity index (χ3v) is 0.976. The quantitative estimate of drug-likeness (QED) is 0.609. The predicted molar refractivity (Wildman–Crippen MR) is 37.5 cm³/mol. The van der Waals surface area contributed by atoms with Gasteiger partial charge in [-0.05, 0) is 0 Å². The Morgan fingerprint density at radius 1 is 1.46 bits per heavy atom. The van der Waals surface area contributed by atoms with E-state index in [4.69, 9.17) is 5.26 Å². The summed E-state index contributed by atoms with van der Waals surface area (Å²) >= 11 is 0. The van der Waals surface area contributed by atoms with Crippen molar-refractivity contribution in [2.45, 2.75) is 6.18 Å². The zero-order valence-corrected chi connectivity index (χ0v) is 6.61. The van der Waals surface area contributed by atoms with Crippen LogP contribution in [0.4, 0.5) is 13.2 Å². The van der Waals surface area contributed by atoms with Crippen molar-refractivity contribution in [2.24, 2.45) is 0 Å². The summed E-state index contributed by atoms with van der Waals surface area (Å²) in [6.07, 6.45) is -4.32. The standard InChI is InChI=1S/C6H8F3N3O/c7-6(8,9)4-11-3-5(13)12-2-1-10/h11H,2-4H2,(H,12,13). The van der Waals surface area contributed by atoms with E-state index in [1.54, 1.807) is 6.07 Å². The second kappa shape index (κ2) is 5.37. The molecular formula is C6H8F3N3O. The largest absolute Gasteiger partial charge is 0.401 e. The molecule has 7 heteroatoms. The van der Waals surface area contributed by atoms with E-state index in [-0.39, 0.29) is 6.54 Å². The second-order valence-electron chi connectivity index (χ2n) is 2.15. The van der Waals surface area contributed by atoms with Gasteiger partial charge in [0.2, 0.25) is 5.91 Å². The molecule has 0 bridgehead atoms. The monoisotopic (exact) mass is 195 g/mol. The van der Waals surface area contributed by atoms with Gasteiger partial charge in [-0.1, -0.05) is 0 Å². The molecule has 0 rings (SSSR count). The molecule has 0 radical (unpaired) electrons. The van der Waals surface area contributed by atoms with Gasteiger partial charge >= 0.3 is 6.18 Å². The lowest BCUT2D eigenvalue weighted by molar-refractivity contribution is -0.128. The van der Waals surface area contributed by atoms with Crippen molar-refractivity contribution in [1.29, 1.82) is 5.26 Å². The van der Waals surface area contributed by atoms with Crippen LogP contribution in [0.2, 0.25) is 0 Å². The van der Waals surface area contributed by atoms with Crippen molar-refractivity contribution in [3.8, 4) is 6.07 Å². The van der Waals surface area contributed by atoms with Gasteiger partial charge in [0.05, 0.1) is 19.2 Å². The molecule has 0 heterocycles. The fraction of sp³-hybridized carbons (Fsp3) is 0.667. The average molecular weight is 195 g/mol. The minimum absolute atomic E-state index is 0.202. The maximum absolute atomic E-state index is 11.5. The molecule has 0 aliphatic heterocycles. The van der Waals surface area contributed by atoms with Crippen molar-refractivity contribution < 1.29 is 18.0 Å². The van der Waals surface area contributed by atoms with E-state index in [2.05, 4.69) is 5.32 Å². The maximum atomic E-state index is 11.5. The molecule has 13 heavy (non-hydrogen) atoms. The molecule has 74 valence electrons. The number of hydrogen-bond donors (Lipinski definition) is 2. The molecular weight excluding hydrogens is 187 g/mol. The minimum atomic E-state index is -4.32. The topological polar surface area (TPSA) is 64.9 Å². The van der Waals surface area contributed by atoms with Gasteiger partial charge in [0, 0.05) is 0 Å². The van der Waals surface area contributed by atoms with E-state index in [1.807, 2.05) is 5.32 Å². The zero-order chi connectivity index (χ0) is 10.3. The van der Waals surface area contributed by atoms with Crippen LogP contribution >= 0.6 is 0 Å². The van der Waals surface area contributed by atoms with Crippen LogP contribution in [0, 0.1) is 11.3 Å². The molecule has 0 aliphatic carbocycles. The SMILES string of the molecule is N#CCNC(=O)CNCC(F)(F)F. The van der Waals surface area contributed by atoms with Crippen molar-refractivity contribution in [3.05, 3.63) is 0 Å². The van der Waals surface area contributed by atoms with Gasteiger partial charge in [0.25, 0.3) is 0 Å². The van der Waals surface area contributed by atoms with Crippen LogP contribution in [0.5, 0.6) is 0 Å². The van der Waals surface area contributed by atoms with Gasteiger partial charge in [-0.3, -0.25) is 4.79 Å². The summed E-state index contributed by atoms with van der Waals surface area (Å²) < 4.78 is 34.5. The van der Waals surface area contributed by atoms with Gasteiger partial charge in [-0.2, -0.15) is 18.4 Å². The Morgan fingerprint density at radius 2 is 2.08 bits per heavy atom. The fourth-order valence-corrected chi connectivity index (χ4v) is 0.518. The third kappa shape index (κ3) is 8.62. The first-order valence-corrected chi connectivity index (χ1v) is 3.37. The number of carbonyl (C=O) groups is 1. The van der Waals surface area contributed by atoms with Crippen LogP contribution in [0.1, 0.15) is 0 Å². The summed E-state index contributed by atoms with van der Waals surface area (Å²) in [5, 5.41) is 12.0. The summed E-state index contributed by atoms with van der Waals surface area (Å²) in [6, 6.07) is 1.62. The lowest BCUT2D eigenvalue weighted by Crippen LogP contribution is -2.38. The summed E-state index contributed by atoms with van der Waals surface area (Å²) in [5.74, 6) is -0.634. The Hall–Kier alpha value is -1.29. The molecule has 0 saturated heterocycles. The van der Waals surface area contributed by atoms with E-state index in [0.717, 1.165) is 0 Å². The molecule has 0 fully saturated rings. The molecule has 0 aromatic heterocycles. The number of halogens is 3. The molecule has 0 aromatic carbocycles. The first kappa shape index (κ1) is 11.7. The Kier molecular flexibility index (Phi) is 4.84. The first-order valence-electron chi connectivity index (χ1n) is 3.37. The van der Waals surface area contributed by atoms with Gasteiger partial charge in [0.1, 0.15) is 6.54 Å². The summed E-state index contributed by atoms with van der Waals surface area (Å²) in [6.45, 7) is -1.86. The molecule has 2 N–H and O–H groups in total. The van der Waals surface area contributed by atoms with Crippen LogP contribution < -0.4 is 10.6 Å². The Labute approximate surface area is 72.7 Å². The number of nitriles is 1. The molecule has 1 amide bonds. The number of amides is 1. The van der Waals surface area contributed by atoms with E-state index in [0.29, 0.717) is 0 Å². The smallest absolute Gasteiger partial charge is 0.342 e. The number of carbonyl (C=O) groups excluding carboxylic acids is 1. The first-order chi connectivity index (χ1) is 5.95. The van der Waals surface area contributed by atoms with Gasteiger partial charge in [-0.25, -0.2) is 0 Å². The van der Waals surface area contributed by atoms with Gasteiger partial charge in [-0.15, -0.1) is 0 Å². The Bertz CT molecular complexity index is 208.